The monoisotopic (exact) mass is 382 g/mol. The molecule has 28 heavy (non-hydrogen) atoms. The summed E-state index contributed by atoms with van der Waals surface area (Å²) in [5, 5.41) is 0. The third-order valence-electron chi connectivity index (χ3n) is 5.46. The number of nitrogens with zero attached hydrogens (tertiary/aromatic N) is 2. The summed E-state index contributed by atoms with van der Waals surface area (Å²) < 4.78 is 19.6. The second kappa shape index (κ2) is 8.00. The van der Waals surface area contributed by atoms with Crippen LogP contribution in [0.15, 0.2) is 48.5 Å². The van der Waals surface area contributed by atoms with Crippen molar-refractivity contribution in [1.82, 2.24) is 9.80 Å². The number of carbonyl (C=O) groups is 2. The predicted molar refractivity (Wildman–Crippen MR) is 102 cm³/mol. The Kier molecular flexibility index (Phi) is 5.28. The Labute approximate surface area is 163 Å². The first kappa shape index (κ1) is 18.5. The number of para-hydroxylation sites is 1. The van der Waals surface area contributed by atoms with E-state index in [9.17, 15) is 14.0 Å². The largest absolute Gasteiger partial charge is 0.493 e. The highest BCUT2D eigenvalue weighted by atomic mass is 19.1. The molecule has 2 aromatic rings. The third-order valence-corrected chi connectivity index (χ3v) is 5.46. The van der Waals surface area contributed by atoms with Crippen molar-refractivity contribution in [3.63, 3.8) is 0 Å². The van der Waals surface area contributed by atoms with Gasteiger partial charge in [0.15, 0.2) is 0 Å². The lowest BCUT2D eigenvalue weighted by atomic mass is 9.95. The summed E-state index contributed by atoms with van der Waals surface area (Å²) in [7, 11) is 0. The molecule has 2 heterocycles. The first-order chi connectivity index (χ1) is 13.6. The lowest BCUT2D eigenvalue weighted by Crippen LogP contribution is -2.53. The number of fused-ring (bicyclic) bond motifs is 1. The zero-order chi connectivity index (χ0) is 19.5. The SMILES string of the molecule is O=C1CN(C(=O)C2CCOc3ccccc3C2)CCN1Cc1ccccc1F. The van der Waals surface area contributed by atoms with E-state index >= 15 is 0 Å². The molecule has 5 nitrogen and oxygen atoms in total. The topological polar surface area (TPSA) is 49.9 Å². The van der Waals surface area contributed by atoms with Crippen LogP contribution in [-0.2, 0) is 22.6 Å². The predicted octanol–water partition coefficient (Wildman–Crippen LogP) is 2.64. The summed E-state index contributed by atoms with van der Waals surface area (Å²) in [5.74, 6) is 0.191. The Morgan fingerprint density at radius 2 is 1.89 bits per heavy atom. The van der Waals surface area contributed by atoms with Crippen molar-refractivity contribution in [2.24, 2.45) is 5.92 Å². The van der Waals surface area contributed by atoms with Gasteiger partial charge in [-0.3, -0.25) is 9.59 Å². The molecule has 2 aliphatic rings. The number of ether oxygens (including phenoxy) is 1. The molecular formula is C22H23FN2O3. The average Bonchev–Trinajstić information content (AvgIpc) is 2.93. The minimum Gasteiger partial charge on any atom is -0.493 e. The zero-order valence-electron chi connectivity index (χ0n) is 15.6. The summed E-state index contributed by atoms with van der Waals surface area (Å²) in [6.45, 7) is 1.66. The van der Waals surface area contributed by atoms with Crippen LogP contribution in [0, 0.1) is 11.7 Å². The molecule has 0 aliphatic carbocycles. The molecule has 0 aromatic heterocycles. The number of piperazine rings is 1. The van der Waals surface area contributed by atoms with Gasteiger partial charge in [0, 0.05) is 31.1 Å². The van der Waals surface area contributed by atoms with Crippen LogP contribution in [0.3, 0.4) is 0 Å². The van der Waals surface area contributed by atoms with Crippen molar-refractivity contribution in [1.29, 1.82) is 0 Å². The standard InChI is InChI=1S/C22H23FN2O3/c23-19-7-3-1-6-18(19)14-24-10-11-25(15-21(24)26)22(27)17-9-12-28-20-8-4-2-5-16(20)13-17/h1-8,17H,9-15H2. The molecular weight excluding hydrogens is 359 g/mol. The van der Waals surface area contributed by atoms with Gasteiger partial charge in [-0.05, 0) is 30.5 Å². The third kappa shape index (κ3) is 3.86. The van der Waals surface area contributed by atoms with Gasteiger partial charge >= 0.3 is 0 Å². The Morgan fingerprint density at radius 3 is 2.71 bits per heavy atom. The fourth-order valence-electron chi connectivity index (χ4n) is 3.86. The number of hydrogen-bond donors (Lipinski definition) is 0. The van der Waals surface area contributed by atoms with E-state index in [1.165, 1.54) is 6.07 Å². The number of hydrogen-bond acceptors (Lipinski definition) is 3. The number of amides is 2. The molecule has 2 aromatic carbocycles. The minimum atomic E-state index is -0.314. The van der Waals surface area contributed by atoms with Crippen LogP contribution in [0.5, 0.6) is 5.75 Å². The summed E-state index contributed by atoms with van der Waals surface area (Å²) >= 11 is 0. The van der Waals surface area contributed by atoms with Crippen LogP contribution in [0.1, 0.15) is 17.5 Å². The van der Waals surface area contributed by atoms with E-state index < -0.39 is 0 Å². The Bertz CT molecular complexity index is 886. The first-order valence-corrected chi connectivity index (χ1v) is 9.62. The van der Waals surface area contributed by atoms with Gasteiger partial charge in [-0.25, -0.2) is 4.39 Å². The maximum Gasteiger partial charge on any atom is 0.242 e. The highest BCUT2D eigenvalue weighted by Gasteiger charge is 2.32. The lowest BCUT2D eigenvalue weighted by Gasteiger charge is -2.36. The summed E-state index contributed by atoms with van der Waals surface area (Å²) in [4.78, 5) is 28.8. The van der Waals surface area contributed by atoms with Crippen LogP contribution >= 0.6 is 0 Å². The minimum absolute atomic E-state index is 0.000746. The Hall–Kier alpha value is -2.89. The molecule has 1 unspecified atom stereocenters. The van der Waals surface area contributed by atoms with Crippen LogP contribution in [0.25, 0.3) is 0 Å². The molecule has 2 amide bonds. The fraction of sp³-hybridized carbons (Fsp3) is 0.364. The average molecular weight is 382 g/mol. The van der Waals surface area contributed by atoms with Crippen molar-refractivity contribution in [3.05, 3.63) is 65.5 Å². The van der Waals surface area contributed by atoms with E-state index in [-0.39, 0.29) is 36.6 Å². The van der Waals surface area contributed by atoms with Gasteiger partial charge in [0.2, 0.25) is 11.8 Å². The van der Waals surface area contributed by atoms with Gasteiger partial charge in [-0.15, -0.1) is 0 Å². The molecule has 1 saturated heterocycles. The summed E-state index contributed by atoms with van der Waals surface area (Å²) in [6, 6.07) is 14.2. The second-order valence-electron chi connectivity index (χ2n) is 7.31. The maximum atomic E-state index is 13.9. The van der Waals surface area contributed by atoms with Crippen molar-refractivity contribution >= 4 is 11.8 Å². The molecule has 0 radical (unpaired) electrons. The maximum absolute atomic E-state index is 13.9. The normalized spacial score (nSPS) is 19.6. The van der Waals surface area contributed by atoms with E-state index in [0.29, 0.717) is 38.1 Å². The van der Waals surface area contributed by atoms with Gasteiger partial charge in [0.05, 0.1) is 13.2 Å². The molecule has 1 fully saturated rings. The van der Waals surface area contributed by atoms with Crippen LogP contribution in [0.2, 0.25) is 0 Å². The van der Waals surface area contributed by atoms with Gasteiger partial charge in [0.25, 0.3) is 0 Å². The summed E-state index contributed by atoms with van der Waals surface area (Å²) in [6.07, 6.45) is 1.26. The van der Waals surface area contributed by atoms with E-state index in [1.807, 2.05) is 24.3 Å². The molecule has 4 rings (SSSR count). The first-order valence-electron chi connectivity index (χ1n) is 9.62. The van der Waals surface area contributed by atoms with E-state index in [0.717, 1.165) is 11.3 Å². The van der Waals surface area contributed by atoms with Crippen LogP contribution < -0.4 is 4.74 Å². The highest BCUT2D eigenvalue weighted by molar-refractivity contribution is 5.87. The van der Waals surface area contributed by atoms with Crippen LogP contribution in [0.4, 0.5) is 4.39 Å². The molecule has 146 valence electrons. The molecule has 6 heteroatoms. The molecule has 0 saturated carbocycles. The van der Waals surface area contributed by atoms with Crippen molar-refractivity contribution in [3.8, 4) is 5.75 Å². The van der Waals surface area contributed by atoms with Gasteiger partial charge in [-0.1, -0.05) is 36.4 Å². The number of halogens is 1. The van der Waals surface area contributed by atoms with Crippen molar-refractivity contribution < 1.29 is 18.7 Å². The smallest absolute Gasteiger partial charge is 0.242 e. The Balaban J connectivity index is 1.39. The molecule has 0 bridgehead atoms. The second-order valence-corrected chi connectivity index (χ2v) is 7.31. The number of rotatable bonds is 3. The lowest BCUT2D eigenvalue weighted by molar-refractivity contribution is -0.148. The molecule has 1 atom stereocenters. The van der Waals surface area contributed by atoms with E-state index in [4.69, 9.17) is 4.74 Å². The van der Waals surface area contributed by atoms with Crippen LogP contribution in [-0.4, -0.2) is 47.9 Å². The van der Waals surface area contributed by atoms with Crippen molar-refractivity contribution in [2.45, 2.75) is 19.4 Å². The Morgan fingerprint density at radius 1 is 1.11 bits per heavy atom. The van der Waals surface area contributed by atoms with E-state index in [2.05, 4.69) is 0 Å². The number of benzene rings is 2. The summed E-state index contributed by atoms with van der Waals surface area (Å²) in [5.41, 5.74) is 1.52. The van der Waals surface area contributed by atoms with Gasteiger partial charge in [0.1, 0.15) is 11.6 Å². The molecule has 2 aliphatic heterocycles. The van der Waals surface area contributed by atoms with Gasteiger partial charge < -0.3 is 14.5 Å². The van der Waals surface area contributed by atoms with Gasteiger partial charge in [-0.2, -0.15) is 0 Å². The van der Waals surface area contributed by atoms with E-state index in [1.54, 1.807) is 28.0 Å². The molecule has 0 N–H and O–H groups in total. The fourth-order valence-corrected chi connectivity index (χ4v) is 3.86. The quantitative estimate of drug-likeness (QED) is 0.820. The van der Waals surface area contributed by atoms with Crippen molar-refractivity contribution in [2.75, 3.05) is 26.2 Å². The zero-order valence-corrected chi connectivity index (χ0v) is 15.6. The molecule has 0 spiro atoms. The number of carbonyl (C=O) groups excluding carboxylic acids is 2. The highest BCUT2D eigenvalue weighted by Crippen LogP contribution is 2.28.